The van der Waals surface area contributed by atoms with Crippen LogP contribution >= 0.6 is 0 Å². The molecule has 7 nitrogen and oxygen atoms in total. The molecule has 8 heteroatoms. The molecule has 1 N–H and O–H groups in total. The van der Waals surface area contributed by atoms with Gasteiger partial charge in [-0.15, -0.1) is 0 Å². The number of fused-ring (bicyclic) bond motifs is 1. The van der Waals surface area contributed by atoms with Crippen molar-refractivity contribution in [2.75, 3.05) is 38.5 Å². The Balaban J connectivity index is 1.64. The first-order chi connectivity index (χ1) is 15.0. The van der Waals surface area contributed by atoms with E-state index in [9.17, 15) is 14.4 Å². The molecule has 2 aliphatic rings. The van der Waals surface area contributed by atoms with Gasteiger partial charge in [-0.1, -0.05) is 24.3 Å². The third-order valence-electron chi connectivity index (χ3n) is 5.27. The Bertz CT molecular complexity index is 1080. The first kappa shape index (κ1) is 20.6. The van der Waals surface area contributed by atoms with Gasteiger partial charge in [0, 0.05) is 26.2 Å². The highest BCUT2D eigenvalue weighted by Gasteiger charge is 2.30. The van der Waals surface area contributed by atoms with Gasteiger partial charge in [0.15, 0.2) is 11.4 Å². The van der Waals surface area contributed by atoms with Crippen LogP contribution in [0.3, 0.4) is 0 Å². The number of anilines is 1. The number of nitriles is 1. The van der Waals surface area contributed by atoms with Crippen LogP contribution in [0.2, 0.25) is 0 Å². The summed E-state index contributed by atoms with van der Waals surface area (Å²) in [6.45, 7) is 3.10. The van der Waals surface area contributed by atoms with Crippen LogP contribution in [0.4, 0.5) is 15.8 Å². The number of hydrogen-bond acceptors (Lipinski definition) is 7. The van der Waals surface area contributed by atoms with Crippen molar-refractivity contribution < 1.29 is 13.9 Å². The monoisotopic (exact) mass is 419 g/mol. The van der Waals surface area contributed by atoms with E-state index in [0.29, 0.717) is 17.1 Å². The average Bonchev–Trinajstić information content (AvgIpc) is 2.79. The lowest BCUT2D eigenvalue weighted by Crippen LogP contribution is -2.49. The number of nitrogens with zero attached hydrogens (tertiary/aromatic N) is 4. The van der Waals surface area contributed by atoms with Gasteiger partial charge in [0.05, 0.1) is 11.4 Å². The Labute approximate surface area is 180 Å². The zero-order chi connectivity index (χ0) is 21.8. The molecule has 2 heterocycles. The summed E-state index contributed by atoms with van der Waals surface area (Å²) in [7, 11) is 2.05. The molecule has 0 aliphatic carbocycles. The van der Waals surface area contributed by atoms with Gasteiger partial charge in [-0.2, -0.15) is 5.26 Å². The number of ether oxygens (including phenoxy) is 1. The van der Waals surface area contributed by atoms with Crippen LogP contribution in [0.15, 0.2) is 64.8 Å². The summed E-state index contributed by atoms with van der Waals surface area (Å²) in [5.74, 6) is -0.564. The molecule has 4 rings (SSSR count). The third kappa shape index (κ3) is 4.57. The Morgan fingerprint density at radius 3 is 2.58 bits per heavy atom. The maximum atomic E-state index is 13.1. The minimum atomic E-state index is -0.754. The van der Waals surface area contributed by atoms with Crippen LogP contribution < -0.4 is 5.32 Å². The number of carbonyl (C=O) groups is 1. The first-order valence-electron chi connectivity index (χ1n) is 9.99. The van der Waals surface area contributed by atoms with Crippen LogP contribution in [0.25, 0.3) is 0 Å². The quantitative estimate of drug-likeness (QED) is 0.468. The normalized spacial score (nSPS) is 17.7. The predicted molar refractivity (Wildman–Crippen MR) is 115 cm³/mol. The van der Waals surface area contributed by atoms with Gasteiger partial charge in [-0.05, 0) is 36.9 Å². The van der Waals surface area contributed by atoms with Gasteiger partial charge < -0.3 is 19.9 Å². The van der Waals surface area contributed by atoms with Gasteiger partial charge in [0.2, 0.25) is 0 Å². The van der Waals surface area contributed by atoms with Crippen molar-refractivity contribution >= 4 is 23.2 Å². The van der Waals surface area contributed by atoms with Gasteiger partial charge in [-0.3, -0.25) is 0 Å². The summed E-state index contributed by atoms with van der Waals surface area (Å²) in [4.78, 5) is 21.9. The van der Waals surface area contributed by atoms with E-state index in [-0.39, 0.29) is 18.0 Å². The number of hydrogen-bond donors (Lipinski definition) is 1. The van der Waals surface area contributed by atoms with Gasteiger partial charge >= 0.3 is 5.97 Å². The highest BCUT2D eigenvalue weighted by molar-refractivity contribution is 6.12. The van der Waals surface area contributed by atoms with Crippen LogP contribution in [0.5, 0.6) is 0 Å². The molecule has 0 radical (unpaired) electrons. The van der Waals surface area contributed by atoms with E-state index in [4.69, 9.17) is 9.73 Å². The molecule has 0 amide bonds. The largest absolute Gasteiger partial charge is 0.457 e. The molecular weight excluding hydrogens is 397 g/mol. The molecule has 0 saturated carbocycles. The minimum absolute atomic E-state index is 0.0604. The molecule has 1 fully saturated rings. The summed E-state index contributed by atoms with van der Waals surface area (Å²) < 4.78 is 18.4. The molecule has 0 atom stereocenters. The van der Waals surface area contributed by atoms with Crippen LogP contribution in [0, 0.1) is 17.1 Å². The second-order valence-electron chi connectivity index (χ2n) is 7.43. The van der Waals surface area contributed by atoms with Crippen molar-refractivity contribution in [3.63, 3.8) is 0 Å². The summed E-state index contributed by atoms with van der Waals surface area (Å²) >= 11 is 0. The lowest BCUT2D eigenvalue weighted by atomic mass is 10.1. The Kier molecular flexibility index (Phi) is 5.96. The zero-order valence-corrected chi connectivity index (χ0v) is 17.1. The number of halogens is 1. The molecule has 2 aliphatic heterocycles. The number of esters is 1. The average molecular weight is 419 g/mol. The van der Waals surface area contributed by atoms with Crippen LogP contribution in [0.1, 0.15) is 5.56 Å². The fraction of sp³-hybridized carbons (Fsp3) is 0.261. The van der Waals surface area contributed by atoms with Gasteiger partial charge in [0.25, 0.3) is 0 Å². The summed E-state index contributed by atoms with van der Waals surface area (Å²) in [5.41, 5.74) is 2.29. The Hall–Kier alpha value is -3.70. The molecule has 0 unspecified atom stereocenters. The molecule has 2 aromatic carbocycles. The number of carbonyl (C=O) groups excluding carboxylic acids is 1. The molecule has 2 aromatic rings. The maximum absolute atomic E-state index is 13.1. The molecule has 0 spiro atoms. The molecule has 0 bridgehead atoms. The number of benzene rings is 2. The third-order valence-corrected chi connectivity index (χ3v) is 5.27. The lowest BCUT2D eigenvalue weighted by molar-refractivity contribution is -0.139. The van der Waals surface area contributed by atoms with Crippen molar-refractivity contribution in [2.45, 2.75) is 6.61 Å². The second kappa shape index (κ2) is 8.98. The molecule has 1 saturated heterocycles. The van der Waals surface area contributed by atoms with Crippen LogP contribution in [-0.2, 0) is 16.1 Å². The van der Waals surface area contributed by atoms with E-state index in [2.05, 4.69) is 22.2 Å². The van der Waals surface area contributed by atoms with E-state index in [1.54, 1.807) is 0 Å². The number of likely N-dealkylation sites (N-methyl/N-ethyl adjacent to an activating group) is 1. The van der Waals surface area contributed by atoms with Crippen molar-refractivity contribution in [3.05, 3.63) is 71.2 Å². The van der Waals surface area contributed by atoms with Crippen molar-refractivity contribution in [2.24, 2.45) is 4.99 Å². The number of para-hydroxylation sites is 2. The number of aliphatic imine (C=N–C) groups is 1. The van der Waals surface area contributed by atoms with E-state index >= 15 is 0 Å². The van der Waals surface area contributed by atoms with Crippen molar-refractivity contribution in [1.29, 1.82) is 5.26 Å². The van der Waals surface area contributed by atoms with Crippen molar-refractivity contribution in [1.82, 2.24) is 9.80 Å². The second-order valence-corrected chi connectivity index (χ2v) is 7.43. The van der Waals surface area contributed by atoms with E-state index in [0.717, 1.165) is 37.6 Å². The van der Waals surface area contributed by atoms with Gasteiger partial charge in [-0.25, -0.2) is 14.2 Å². The number of piperazine rings is 1. The van der Waals surface area contributed by atoms with E-state index < -0.39 is 5.97 Å². The van der Waals surface area contributed by atoms with Crippen LogP contribution in [-0.4, -0.2) is 54.8 Å². The van der Waals surface area contributed by atoms with Gasteiger partial charge in [0.1, 0.15) is 24.2 Å². The summed E-state index contributed by atoms with van der Waals surface area (Å²) in [6.07, 6.45) is 0. The van der Waals surface area contributed by atoms with Crippen molar-refractivity contribution in [3.8, 4) is 6.07 Å². The SMILES string of the molecule is CN1CCN(C2=Nc3ccccc3NC2=C(C#N)C(=O)OCc2ccc(F)cc2)CC1. The Morgan fingerprint density at radius 1 is 1.16 bits per heavy atom. The smallest absolute Gasteiger partial charge is 0.351 e. The molecule has 31 heavy (non-hydrogen) atoms. The highest BCUT2D eigenvalue weighted by atomic mass is 19.1. The number of nitrogens with one attached hydrogen (secondary N) is 1. The number of amidine groups is 1. The molecular formula is C23H22FN5O2. The summed E-state index contributed by atoms with van der Waals surface area (Å²) in [6, 6.07) is 15.1. The number of rotatable bonds is 3. The standard InChI is InChI=1S/C23H22FN5O2/c1-28-10-12-29(13-11-28)22-21(26-19-4-2-3-5-20(19)27-22)18(14-25)23(30)31-15-16-6-8-17(24)9-7-16/h2-9,26H,10-13,15H2,1H3. The lowest BCUT2D eigenvalue weighted by Gasteiger charge is -2.36. The maximum Gasteiger partial charge on any atom is 0.351 e. The molecule has 158 valence electrons. The molecule has 0 aromatic heterocycles. The fourth-order valence-electron chi connectivity index (χ4n) is 3.46. The Morgan fingerprint density at radius 2 is 1.87 bits per heavy atom. The van der Waals surface area contributed by atoms with E-state index in [1.807, 2.05) is 30.3 Å². The summed E-state index contributed by atoms with van der Waals surface area (Å²) in [5, 5.41) is 13.0. The minimum Gasteiger partial charge on any atom is -0.457 e. The van der Waals surface area contributed by atoms with E-state index in [1.165, 1.54) is 24.3 Å². The predicted octanol–water partition coefficient (Wildman–Crippen LogP) is 3.05. The first-order valence-corrected chi connectivity index (χ1v) is 9.99. The zero-order valence-electron chi connectivity index (χ0n) is 17.1. The topological polar surface area (TPSA) is 81.0 Å². The highest BCUT2D eigenvalue weighted by Crippen LogP contribution is 2.33. The fourth-order valence-corrected chi connectivity index (χ4v) is 3.46.